The second-order valence-corrected chi connectivity index (χ2v) is 3.95. The van der Waals surface area contributed by atoms with Crippen molar-refractivity contribution in [1.82, 2.24) is 10.2 Å². The number of amides is 1. The van der Waals surface area contributed by atoms with Crippen LogP contribution >= 0.6 is 0 Å². The molecule has 17 heavy (non-hydrogen) atoms. The van der Waals surface area contributed by atoms with Gasteiger partial charge in [-0.2, -0.15) is 0 Å². The van der Waals surface area contributed by atoms with E-state index in [2.05, 4.69) is 23.5 Å². The van der Waals surface area contributed by atoms with Crippen LogP contribution in [0.5, 0.6) is 0 Å². The molecule has 0 aromatic heterocycles. The average Bonchev–Trinajstić information content (AvgIpc) is 2.34. The lowest BCUT2D eigenvalue weighted by atomic mass is 10.1. The van der Waals surface area contributed by atoms with Crippen LogP contribution in [-0.2, 0) is 4.79 Å². The zero-order valence-corrected chi connectivity index (χ0v) is 10.1. The molecule has 94 valence electrons. The van der Waals surface area contributed by atoms with Crippen molar-refractivity contribution in [2.24, 2.45) is 4.99 Å². The lowest BCUT2D eigenvalue weighted by Crippen LogP contribution is -2.49. The van der Waals surface area contributed by atoms with Gasteiger partial charge < -0.3 is 10.2 Å². The van der Waals surface area contributed by atoms with E-state index in [-0.39, 0.29) is 17.8 Å². The van der Waals surface area contributed by atoms with Crippen LogP contribution in [0.15, 0.2) is 30.1 Å². The third kappa shape index (κ3) is 3.69. The normalized spacial score (nSPS) is 20.9. The van der Waals surface area contributed by atoms with E-state index in [1.807, 2.05) is 0 Å². The Kier molecular flexibility index (Phi) is 4.87. The molecule has 4 nitrogen and oxygen atoms in total. The van der Waals surface area contributed by atoms with Gasteiger partial charge in [0, 0.05) is 26.2 Å². The van der Waals surface area contributed by atoms with Crippen LogP contribution in [0.2, 0.25) is 0 Å². The summed E-state index contributed by atoms with van der Waals surface area (Å²) in [6, 6.07) is 0.0128. The van der Waals surface area contributed by atoms with E-state index in [4.69, 9.17) is 0 Å². The Labute approximate surface area is 101 Å². The number of likely N-dealkylation sites (tertiary alicyclic amines) is 1. The predicted molar refractivity (Wildman–Crippen MR) is 66.5 cm³/mol. The van der Waals surface area contributed by atoms with Gasteiger partial charge in [-0.15, -0.1) is 0 Å². The molecule has 0 spiro atoms. The zero-order valence-electron chi connectivity index (χ0n) is 10.1. The quantitative estimate of drug-likeness (QED) is 0.458. The molecule has 1 saturated heterocycles. The first kappa shape index (κ1) is 13.4. The minimum atomic E-state index is -0.584. The van der Waals surface area contributed by atoms with Crippen LogP contribution in [0.3, 0.4) is 0 Å². The van der Waals surface area contributed by atoms with Gasteiger partial charge in [0.2, 0.25) is 5.91 Å². The molecule has 5 heteroatoms. The molecule has 0 bridgehead atoms. The van der Waals surface area contributed by atoms with E-state index in [0.717, 1.165) is 19.4 Å². The highest BCUT2D eigenvalue weighted by molar-refractivity contribution is 5.95. The number of nitrogens with one attached hydrogen (secondary N) is 1. The van der Waals surface area contributed by atoms with Crippen LogP contribution in [0, 0.1) is 0 Å². The van der Waals surface area contributed by atoms with Gasteiger partial charge in [0.1, 0.15) is 0 Å². The highest BCUT2D eigenvalue weighted by Gasteiger charge is 2.23. The van der Waals surface area contributed by atoms with Crippen molar-refractivity contribution in [2.75, 3.05) is 20.1 Å². The largest absolute Gasteiger partial charge is 0.363 e. The highest BCUT2D eigenvalue weighted by Crippen LogP contribution is 2.11. The maximum atomic E-state index is 13.0. The maximum absolute atomic E-state index is 13.0. The molecule has 1 aliphatic rings. The second-order valence-electron chi connectivity index (χ2n) is 3.95. The van der Waals surface area contributed by atoms with Gasteiger partial charge in [-0.3, -0.25) is 9.79 Å². The van der Waals surface area contributed by atoms with Gasteiger partial charge in [0.25, 0.3) is 0 Å². The van der Waals surface area contributed by atoms with Crippen molar-refractivity contribution in [2.45, 2.75) is 18.9 Å². The minimum Gasteiger partial charge on any atom is -0.363 e. The Morgan fingerprint density at radius 1 is 1.65 bits per heavy atom. The Morgan fingerprint density at radius 3 is 2.88 bits per heavy atom. The van der Waals surface area contributed by atoms with Crippen molar-refractivity contribution in [3.05, 3.63) is 25.1 Å². The first-order chi connectivity index (χ1) is 8.08. The average molecular weight is 239 g/mol. The fraction of sp³-hybridized carbons (Fsp3) is 0.500. The zero-order chi connectivity index (χ0) is 12.8. The monoisotopic (exact) mass is 239 g/mol. The van der Waals surface area contributed by atoms with E-state index in [1.54, 1.807) is 4.90 Å². The third-order valence-corrected chi connectivity index (χ3v) is 2.73. The predicted octanol–water partition coefficient (Wildman–Crippen LogP) is 1.26. The molecule has 1 heterocycles. The number of carbonyl (C=O) groups is 1. The molecule has 0 aromatic rings. The molecular weight excluding hydrogens is 221 g/mol. The first-order valence-electron chi connectivity index (χ1n) is 5.58. The molecule has 0 unspecified atom stereocenters. The molecule has 1 amide bonds. The Balaban J connectivity index is 2.58. The summed E-state index contributed by atoms with van der Waals surface area (Å²) in [6.45, 7) is 7.92. The summed E-state index contributed by atoms with van der Waals surface area (Å²) in [5, 5.41) is 2.96. The van der Waals surface area contributed by atoms with E-state index in [1.165, 1.54) is 13.1 Å². The van der Waals surface area contributed by atoms with E-state index < -0.39 is 5.83 Å². The van der Waals surface area contributed by atoms with Gasteiger partial charge >= 0.3 is 0 Å². The summed E-state index contributed by atoms with van der Waals surface area (Å²) >= 11 is 0. The molecule has 0 aliphatic carbocycles. The standard InChI is InChI=1S/C12H18FN3O/c1-4-11(17)16-7-5-6-10(8-16)15-12(14-3)9(2)13/h4,10H,1-2,5-8H2,3H3,(H,14,15)/t10-/m1/s1. The molecule has 1 N–H and O–H groups in total. The van der Waals surface area contributed by atoms with Crippen LogP contribution in [-0.4, -0.2) is 42.8 Å². The van der Waals surface area contributed by atoms with Crippen molar-refractivity contribution in [3.63, 3.8) is 0 Å². The number of hydrogen-bond donors (Lipinski definition) is 1. The van der Waals surface area contributed by atoms with Gasteiger partial charge in [0.05, 0.1) is 0 Å². The summed E-state index contributed by atoms with van der Waals surface area (Å²) < 4.78 is 13.0. The SMILES string of the molecule is C=CC(=O)N1CCC[C@@H](N/C(=N/C)C(=C)F)C1. The van der Waals surface area contributed by atoms with Crippen LogP contribution in [0.4, 0.5) is 4.39 Å². The van der Waals surface area contributed by atoms with Crippen LogP contribution in [0.25, 0.3) is 0 Å². The van der Waals surface area contributed by atoms with Crippen molar-refractivity contribution >= 4 is 11.7 Å². The summed E-state index contributed by atoms with van der Waals surface area (Å²) in [7, 11) is 1.50. The smallest absolute Gasteiger partial charge is 0.246 e. The van der Waals surface area contributed by atoms with Crippen molar-refractivity contribution < 1.29 is 9.18 Å². The van der Waals surface area contributed by atoms with Crippen LogP contribution in [0.1, 0.15) is 12.8 Å². The fourth-order valence-electron chi connectivity index (χ4n) is 1.88. The van der Waals surface area contributed by atoms with Gasteiger partial charge in [-0.05, 0) is 18.9 Å². The van der Waals surface area contributed by atoms with E-state index >= 15 is 0 Å². The van der Waals surface area contributed by atoms with Crippen molar-refractivity contribution in [1.29, 1.82) is 0 Å². The van der Waals surface area contributed by atoms with Gasteiger partial charge in [-0.25, -0.2) is 4.39 Å². The van der Waals surface area contributed by atoms with E-state index in [0.29, 0.717) is 6.54 Å². The third-order valence-electron chi connectivity index (χ3n) is 2.73. The summed E-state index contributed by atoms with van der Waals surface area (Å²) in [5.41, 5.74) is 0. The van der Waals surface area contributed by atoms with Crippen LogP contribution < -0.4 is 5.32 Å². The number of nitrogens with zero attached hydrogens (tertiary/aromatic N) is 2. The maximum Gasteiger partial charge on any atom is 0.246 e. The number of amidine groups is 1. The summed E-state index contributed by atoms with van der Waals surface area (Å²) in [4.78, 5) is 16.9. The number of piperidine rings is 1. The number of halogens is 1. The second kappa shape index (κ2) is 6.18. The highest BCUT2D eigenvalue weighted by atomic mass is 19.1. The molecule has 1 aliphatic heterocycles. The first-order valence-corrected chi connectivity index (χ1v) is 5.58. The molecule has 1 rings (SSSR count). The molecule has 0 aromatic carbocycles. The molecule has 1 atom stereocenters. The summed E-state index contributed by atoms with van der Waals surface area (Å²) in [6.07, 6.45) is 3.06. The van der Waals surface area contributed by atoms with Gasteiger partial charge in [0.15, 0.2) is 11.7 Å². The van der Waals surface area contributed by atoms with E-state index in [9.17, 15) is 9.18 Å². The molecular formula is C12H18FN3O. The lowest BCUT2D eigenvalue weighted by Gasteiger charge is -2.33. The fourth-order valence-corrected chi connectivity index (χ4v) is 1.88. The van der Waals surface area contributed by atoms with Crippen molar-refractivity contribution in [3.8, 4) is 0 Å². The molecule has 0 radical (unpaired) electrons. The molecule has 0 saturated carbocycles. The number of rotatable bonds is 3. The number of aliphatic imine (C=N–C) groups is 1. The summed E-state index contributed by atoms with van der Waals surface area (Å²) in [5.74, 6) is -0.520. The molecule has 1 fully saturated rings. The Bertz CT molecular complexity index is 352. The number of carbonyl (C=O) groups excluding carboxylic acids is 1. The van der Waals surface area contributed by atoms with Gasteiger partial charge in [-0.1, -0.05) is 13.2 Å². The minimum absolute atomic E-state index is 0.0128. The lowest BCUT2D eigenvalue weighted by molar-refractivity contribution is -0.127. The number of hydrogen-bond acceptors (Lipinski definition) is 2. The Hall–Kier alpha value is -1.65. The topological polar surface area (TPSA) is 44.7 Å². The Morgan fingerprint density at radius 2 is 2.35 bits per heavy atom.